The van der Waals surface area contributed by atoms with E-state index >= 15 is 0 Å². The van der Waals surface area contributed by atoms with E-state index in [4.69, 9.17) is 14.4 Å². The fraction of sp³-hybridized carbons (Fsp3) is 0.0213. The van der Waals surface area contributed by atoms with Crippen molar-refractivity contribution < 1.29 is 4.42 Å². The van der Waals surface area contributed by atoms with Crippen molar-refractivity contribution in [2.75, 3.05) is 4.67 Å². The average molecular weight is 684 g/mol. The molecule has 5 heteroatoms. The molecule has 0 N–H and O–H groups in total. The number of aromatic nitrogens is 2. The van der Waals surface area contributed by atoms with Gasteiger partial charge in [-0.2, -0.15) is 0 Å². The van der Waals surface area contributed by atoms with Crippen LogP contribution in [0.5, 0.6) is 0 Å². The maximum Gasteiger partial charge on any atom is 0.235 e. The Kier molecular flexibility index (Phi) is 6.40. The van der Waals surface area contributed by atoms with Gasteiger partial charge in [-0.15, -0.1) is 0 Å². The van der Waals surface area contributed by atoms with Crippen molar-refractivity contribution >= 4 is 84.7 Å². The molecule has 0 spiro atoms. The van der Waals surface area contributed by atoms with Gasteiger partial charge in [-0.3, -0.25) is 4.67 Å². The highest BCUT2D eigenvalue weighted by Crippen LogP contribution is 2.61. The van der Waals surface area contributed by atoms with Gasteiger partial charge in [0.25, 0.3) is 0 Å². The van der Waals surface area contributed by atoms with Crippen LogP contribution >= 0.6 is 8.07 Å². The van der Waals surface area contributed by atoms with Crippen molar-refractivity contribution in [1.29, 1.82) is 0 Å². The summed E-state index contributed by atoms with van der Waals surface area (Å²) in [6, 6.07) is 58.2. The second-order valence-corrected chi connectivity index (χ2v) is 15.4. The van der Waals surface area contributed by atoms with Crippen molar-refractivity contribution in [2.45, 2.75) is 6.92 Å². The molecule has 0 aliphatic carbocycles. The number of anilines is 2. The monoisotopic (exact) mass is 683 g/mol. The summed E-state index contributed by atoms with van der Waals surface area (Å²) in [5.74, 6) is 0.655. The number of furan rings is 1. The second-order valence-electron chi connectivity index (χ2n) is 13.4. The standard InChI is InChI=1S/C47H30N3OP/c1-29-33-21-9-8-18-31(33)28-40-41(29)43-35-23-11-10-22-34(35)42-37-25-13-15-27-39(37)51-46(42)45(43)50(52(40)32-19-6-3-7-20-32)47-48-38-26-14-12-24-36(38)44(49-47)30-16-4-2-5-17-30/h2-28H,1H3. The zero-order valence-corrected chi connectivity index (χ0v) is 29.2. The van der Waals surface area contributed by atoms with Crippen molar-refractivity contribution in [3.05, 3.63) is 169 Å². The van der Waals surface area contributed by atoms with Crippen molar-refractivity contribution in [3.63, 3.8) is 0 Å². The Morgan fingerprint density at radius 1 is 0.558 bits per heavy atom. The van der Waals surface area contributed by atoms with Gasteiger partial charge in [-0.1, -0.05) is 146 Å². The largest absolute Gasteiger partial charge is 0.454 e. The van der Waals surface area contributed by atoms with Crippen LogP contribution in [0.4, 0.5) is 11.6 Å². The minimum atomic E-state index is -1.24. The number of rotatable bonds is 3. The van der Waals surface area contributed by atoms with Gasteiger partial charge in [-0.25, -0.2) is 9.97 Å². The van der Waals surface area contributed by atoms with Gasteiger partial charge in [-0.05, 0) is 57.8 Å². The lowest BCUT2D eigenvalue weighted by Gasteiger charge is -2.40. The van der Waals surface area contributed by atoms with E-state index in [1.54, 1.807) is 0 Å². The van der Waals surface area contributed by atoms with E-state index in [9.17, 15) is 0 Å². The summed E-state index contributed by atoms with van der Waals surface area (Å²) in [4.78, 5) is 11.0. The van der Waals surface area contributed by atoms with Crippen molar-refractivity contribution in [3.8, 4) is 22.4 Å². The van der Waals surface area contributed by atoms with Crippen LogP contribution in [-0.4, -0.2) is 9.97 Å². The highest BCUT2D eigenvalue weighted by atomic mass is 31.1. The Morgan fingerprint density at radius 2 is 1.19 bits per heavy atom. The van der Waals surface area contributed by atoms with Crippen LogP contribution < -0.4 is 15.3 Å². The molecule has 8 aromatic carbocycles. The predicted octanol–water partition coefficient (Wildman–Crippen LogP) is 12.0. The van der Waals surface area contributed by atoms with Crippen LogP contribution in [0.2, 0.25) is 0 Å². The molecule has 3 heterocycles. The molecule has 0 fully saturated rings. The molecule has 1 atom stereocenters. The zero-order valence-electron chi connectivity index (χ0n) is 28.3. The minimum absolute atomic E-state index is 0.655. The van der Waals surface area contributed by atoms with E-state index in [0.29, 0.717) is 5.95 Å². The summed E-state index contributed by atoms with van der Waals surface area (Å²) in [6.07, 6.45) is 0. The van der Waals surface area contributed by atoms with Crippen molar-refractivity contribution in [2.24, 2.45) is 0 Å². The molecular weight excluding hydrogens is 654 g/mol. The average Bonchev–Trinajstić information content (AvgIpc) is 3.60. The highest BCUT2D eigenvalue weighted by Gasteiger charge is 2.40. The first-order valence-electron chi connectivity index (χ1n) is 17.6. The van der Waals surface area contributed by atoms with E-state index in [2.05, 4.69) is 175 Å². The molecular formula is C47H30N3OP. The van der Waals surface area contributed by atoms with Crippen molar-refractivity contribution in [1.82, 2.24) is 9.97 Å². The maximum absolute atomic E-state index is 7.05. The molecule has 1 aliphatic heterocycles. The fourth-order valence-corrected chi connectivity index (χ4v) is 10.9. The van der Waals surface area contributed by atoms with Crippen LogP contribution in [0.15, 0.2) is 168 Å². The zero-order chi connectivity index (χ0) is 34.3. The van der Waals surface area contributed by atoms with Gasteiger partial charge < -0.3 is 4.42 Å². The molecule has 2 aromatic heterocycles. The molecule has 4 nitrogen and oxygen atoms in total. The Balaban J connectivity index is 1.38. The number of para-hydroxylation sites is 2. The van der Waals surface area contributed by atoms with Crippen LogP contribution in [0.3, 0.4) is 0 Å². The summed E-state index contributed by atoms with van der Waals surface area (Å²) in [5.41, 5.74) is 9.29. The number of fused-ring (bicyclic) bond motifs is 12. The van der Waals surface area contributed by atoms with Crippen LogP contribution in [0, 0.1) is 6.92 Å². The lowest BCUT2D eigenvalue weighted by molar-refractivity contribution is 0.669. The normalized spacial score (nSPS) is 14.0. The second kappa shape index (κ2) is 11.3. The summed E-state index contributed by atoms with van der Waals surface area (Å²) in [6.45, 7) is 2.29. The Bertz CT molecular complexity index is 3050. The first-order chi connectivity index (χ1) is 25.7. The van der Waals surface area contributed by atoms with Gasteiger partial charge in [0.1, 0.15) is 11.3 Å². The summed E-state index contributed by atoms with van der Waals surface area (Å²) < 4.78 is 9.49. The van der Waals surface area contributed by atoms with Gasteiger partial charge in [0, 0.05) is 37.9 Å². The SMILES string of the molecule is Cc1c2c(cc3ccccc13)P(c1ccccc1)N(c1nc(-c3ccccc3)c3ccccc3n1)c1c-2c2ccccc2c2c1oc1ccccc12. The topological polar surface area (TPSA) is 42.2 Å². The van der Waals surface area contributed by atoms with Gasteiger partial charge in [0.05, 0.1) is 19.3 Å². The summed E-state index contributed by atoms with van der Waals surface area (Å²) in [5, 5.41) is 10.6. The maximum atomic E-state index is 7.05. The Morgan fingerprint density at radius 3 is 2.00 bits per heavy atom. The van der Waals surface area contributed by atoms with E-state index in [0.717, 1.165) is 55.3 Å². The summed E-state index contributed by atoms with van der Waals surface area (Å²) in [7, 11) is -1.24. The molecule has 0 bridgehead atoms. The third-order valence-corrected chi connectivity index (χ3v) is 12.9. The highest BCUT2D eigenvalue weighted by molar-refractivity contribution is 7.75. The van der Waals surface area contributed by atoms with Gasteiger partial charge in [0.2, 0.25) is 5.95 Å². The third-order valence-electron chi connectivity index (χ3n) is 10.5. The number of benzene rings is 8. The van der Waals surface area contributed by atoms with Crippen LogP contribution in [-0.2, 0) is 0 Å². The molecule has 1 unspecified atom stereocenters. The molecule has 1 aliphatic rings. The minimum Gasteiger partial charge on any atom is -0.454 e. The van der Waals surface area contributed by atoms with E-state index in [-0.39, 0.29) is 0 Å². The molecule has 0 saturated carbocycles. The van der Waals surface area contributed by atoms with Crippen LogP contribution in [0.25, 0.3) is 76.8 Å². The quantitative estimate of drug-likeness (QED) is 0.174. The molecule has 0 amide bonds. The molecule has 52 heavy (non-hydrogen) atoms. The number of aryl methyl sites for hydroxylation is 1. The lowest BCUT2D eigenvalue weighted by Crippen LogP contribution is -2.32. The van der Waals surface area contributed by atoms with Gasteiger partial charge in [0.15, 0.2) is 5.58 Å². The summed E-state index contributed by atoms with van der Waals surface area (Å²) >= 11 is 0. The number of hydrogen-bond donors (Lipinski definition) is 0. The molecule has 0 saturated heterocycles. The molecule has 10 aromatic rings. The Labute approximate surface area is 301 Å². The Hall–Kier alpha value is -6.35. The van der Waals surface area contributed by atoms with E-state index in [1.807, 2.05) is 0 Å². The number of nitrogens with zero attached hydrogens (tertiary/aromatic N) is 3. The van der Waals surface area contributed by atoms with E-state index in [1.165, 1.54) is 43.3 Å². The first-order valence-corrected chi connectivity index (χ1v) is 18.9. The molecule has 244 valence electrons. The van der Waals surface area contributed by atoms with E-state index < -0.39 is 8.07 Å². The van der Waals surface area contributed by atoms with Crippen LogP contribution in [0.1, 0.15) is 5.56 Å². The smallest absolute Gasteiger partial charge is 0.235 e. The molecule has 11 rings (SSSR count). The fourth-order valence-electron chi connectivity index (χ4n) is 8.28. The predicted molar refractivity (Wildman–Crippen MR) is 219 cm³/mol. The lowest BCUT2D eigenvalue weighted by atomic mass is 9.88. The third kappa shape index (κ3) is 4.19. The first kappa shape index (κ1) is 29.4. The van der Waals surface area contributed by atoms with Gasteiger partial charge >= 0.3 is 0 Å². The number of hydrogen-bond acceptors (Lipinski definition) is 4. The molecule has 0 radical (unpaired) electrons.